The fraction of sp³-hybridized carbons (Fsp3) is 0. The van der Waals surface area contributed by atoms with E-state index in [1.54, 1.807) is 66.7 Å². The summed E-state index contributed by atoms with van der Waals surface area (Å²) < 4.78 is 159. The fourth-order valence-electron chi connectivity index (χ4n) is 6.11. The van der Waals surface area contributed by atoms with Crippen LogP contribution in [0.4, 0.5) is 17.1 Å². The Morgan fingerprint density at radius 1 is 0.388 bits per heavy atom. The van der Waals surface area contributed by atoms with Gasteiger partial charge in [-0.05, 0) is 93.5 Å². The number of hydrogen-bond acceptors (Lipinski definition) is 3. The predicted molar refractivity (Wildman–Crippen MR) is 204 cm³/mol. The number of nitrogens with zero attached hydrogens (tertiary/aromatic N) is 1. The average Bonchev–Trinajstić information content (AvgIpc) is 3.92. The largest absolute Gasteiger partial charge is 0.456 e. The first kappa shape index (κ1) is 15.5. The van der Waals surface area contributed by atoms with Gasteiger partial charge in [0, 0.05) is 44.6 Å². The molecule has 0 saturated heterocycles. The molecule has 0 saturated carbocycles. The number of furan rings is 2. The number of para-hydroxylation sites is 3. The number of benzene rings is 8. The highest BCUT2D eigenvalue weighted by molar-refractivity contribution is 6.19. The molecule has 0 N–H and O–H groups in total. The van der Waals surface area contributed by atoms with Crippen LogP contribution in [-0.2, 0) is 0 Å². The zero-order valence-corrected chi connectivity index (χ0v) is 25.2. The van der Waals surface area contributed by atoms with E-state index in [1.165, 1.54) is 6.07 Å². The van der Waals surface area contributed by atoms with E-state index in [0.29, 0.717) is 38.4 Å². The van der Waals surface area contributed by atoms with Gasteiger partial charge in [0.2, 0.25) is 0 Å². The molecule has 0 aliphatic heterocycles. The summed E-state index contributed by atoms with van der Waals surface area (Å²) >= 11 is 0. The van der Waals surface area contributed by atoms with Gasteiger partial charge >= 0.3 is 0 Å². The smallest absolute Gasteiger partial charge is 0.137 e. The van der Waals surface area contributed by atoms with Crippen molar-refractivity contribution in [2.45, 2.75) is 0 Å². The number of rotatable bonds is 5. The first-order valence-electron chi connectivity index (χ1n) is 23.7. The van der Waals surface area contributed by atoms with Crippen molar-refractivity contribution >= 4 is 71.7 Å². The lowest BCUT2D eigenvalue weighted by Gasteiger charge is -2.25. The molecule has 0 aliphatic rings. The van der Waals surface area contributed by atoms with Crippen LogP contribution in [0.25, 0.3) is 76.9 Å². The first-order chi connectivity index (χ1) is 31.3. The molecule has 2 heterocycles. The lowest BCUT2D eigenvalue weighted by atomic mass is 9.96. The molecular formula is C46H29NO2. The molecule has 0 aliphatic carbocycles. The molecular weight excluding hydrogens is 599 g/mol. The van der Waals surface area contributed by atoms with Crippen molar-refractivity contribution in [3.8, 4) is 22.3 Å². The molecule has 0 spiro atoms. The third-order valence-electron chi connectivity index (χ3n) is 8.42. The molecule has 2 aromatic heterocycles. The second-order valence-electron chi connectivity index (χ2n) is 11.2. The molecule has 8 aromatic carbocycles. The van der Waals surface area contributed by atoms with Crippen LogP contribution in [0.1, 0.15) is 23.3 Å². The summed E-state index contributed by atoms with van der Waals surface area (Å²) in [6, 6.07) is 12.0. The Labute approximate surface area is 306 Å². The summed E-state index contributed by atoms with van der Waals surface area (Å²) in [5.41, 5.74) is 1.39. The van der Waals surface area contributed by atoms with Crippen LogP contribution in [0.2, 0.25) is 0 Å². The van der Waals surface area contributed by atoms with Crippen molar-refractivity contribution in [3.63, 3.8) is 0 Å². The normalized spacial score (nSPS) is 16.5. The number of hydrogen-bond donors (Lipinski definition) is 0. The van der Waals surface area contributed by atoms with Gasteiger partial charge in [0.25, 0.3) is 0 Å². The van der Waals surface area contributed by atoms with Gasteiger partial charge < -0.3 is 13.7 Å². The Balaban J connectivity index is 1.10. The van der Waals surface area contributed by atoms with E-state index in [4.69, 9.17) is 28.0 Å². The molecule has 0 fully saturated rings. The maximum Gasteiger partial charge on any atom is 0.137 e. The summed E-state index contributed by atoms with van der Waals surface area (Å²) in [7, 11) is 0. The molecule has 230 valence electrons. The monoisotopic (exact) mass is 644 g/mol. The van der Waals surface area contributed by atoms with Gasteiger partial charge in [0.15, 0.2) is 0 Å². The Hall–Kier alpha value is -6.58. The van der Waals surface area contributed by atoms with Crippen LogP contribution in [0.15, 0.2) is 184 Å². The zero-order valence-electron chi connectivity index (χ0n) is 42.2. The van der Waals surface area contributed by atoms with Gasteiger partial charge in [-0.2, -0.15) is 0 Å². The Bertz CT molecular complexity index is 3760. The van der Waals surface area contributed by atoms with Crippen LogP contribution < -0.4 is 4.90 Å². The molecule has 0 amide bonds. The quantitative estimate of drug-likeness (QED) is 0.187. The molecule has 0 atom stereocenters. The maximum absolute atomic E-state index is 9.37. The van der Waals surface area contributed by atoms with Crippen LogP contribution in [0.3, 0.4) is 0 Å². The highest BCUT2D eigenvalue weighted by Gasteiger charge is 2.16. The Morgan fingerprint density at radius 3 is 1.90 bits per heavy atom. The molecule has 3 heteroatoms. The van der Waals surface area contributed by atoms with Crippen LogP contribution in [0, 0.1) is 0 Å². The van der Waals surface area contributed by atoms with E-state index in [2.05, 4.69) is 0 Å². The van der Waals surface area contributed by atoms with Crippen molar-refractivity contribution in [2.24, 2.45) is 0 Å². The standard InChI is InChI=1S/C46H29NO2/c1-2-8-35(9-3-1)47(37-25-26-39-38-10-4-6-12-42(38)49-45(39)29-37)36-23-20-31(21-24-36)30-14-16-32(17-15-30)34-19-18-33-22-27-44-46(41(33)28-34)40-11-5-7-13-43(40)48-44/h1-29H/i1D,2D,3D,4D,5D,6D,8D,9D,10D,11D,12D,22D,25D,26D,27D,28D,29D. The van der Waals surface area contributed by atoms with Crippen LogP contribution in [-0.4, -0.2) is 0 Å². The SMILES string of the molecule is [2H]c1ccc2oc3c([2H])c([2H])c4ccc(-c5ccc(-c6ccc(N(c7c([2H])c([2H])c([2H])c([2H])c7[2H])c7c([2H])c([2H])c8c(oc9c([2H])c([2H])c([2H])c([2H])c98)c7[2H])cc6)cc5)c([2H])c4c3c2c1[2H]. The van der Waals surface area contributed by atoms with Crippen molar-refractivity contribution in [1.29, 1.82) is 0 Å². The van der Waals surface area contributed by atoms with Crippen LogP contribution >= 0.6 is 0 Å². The van der Waals surface area contributed by atoms with Crippen molar-refractivity contribution in [2.75, 3.05) is 4.90 Å². The van der Waals surface area contributed by atoms with Gasteiger partial charge in [-0.25, -0.2) is 0 Å². The summed E-state index contributed by atoms with van der Waals surface area (Å²) in [4.78, 5) is 1.10. The molecule has 10 rings (SSSR count). The summed E-state index contributed by atoms with van der Waals surface area (Å²) in [6.07, 6.45) is 0. The lowest BCUT2D eigenvalue weighted by molar-refractivity contribution is 0.668. The molecule has 10 aromatic rings. The second kappa shape index (κ2) is 11.0. The average molecular weight is 645 g/mol. The number of fused-ring (bicyclic) bond motifs is 8. The zero-order chi connectivity index (χ0) is 47.1. The molecule has 49 heavy (non-hydrogen) atoms. The Morgan fingerprint density at radius 2 is 1.06 bits per heavy atom. The third kappa shape index (κ3) is 4.59. The predicted octanol–water partition coefficient (Wildman–Crippen LogP) is 13.4. The van der Waals surface area contributed by atoms with Gasteiger partial charge in [-0.3, -0.25) is 0 Å². The van der Waals surface area contributed by atoms with E-state index < -0.39 is 83.9 Å². The van der Waals surface area contributed by atoms with E-state index in [9.17, 15) is 4.11 Å². The van der Waals surface area contributed by atoms with E-state index >= 15 is 0 Å². The summed E-state index contributed by atoms with van der Waals surface area (Å²) in [5.74, 6) is 0. The summed E-state index contributed by atoms with van der Waals surface area (Å²) in [6.45, 7) is 0. The molecule has 3 nitrogen and oxygen atoms in total. The Kier molecular flexibility index (Phi) is 3.49. The van der Waals surface area contributed by atoms with E-state index in [1.807, 2.05) is 0 Å². The molecule has 0 radical (unpaired) electrons. The first-order valence-corrected chi connectivity index (χ1v) is 15.2. The molecule has 0 bridgehead atoms. The highest BCUT2D eigenvalue weighted by atomic mass is 16.3. The maximum atomic E-state index is 9.37. The number of anilines is 3. The van der Waals surface area contributed by atoms with Crippen molar-refractivity contribution in [1.82, 2.24) is 0 Å². The highest BCUT2D eigenvalue weighted by Crippen LogP contribution is 2.40. The van der Waals surface area contributed by atoms with Gasteiger partial charge in [0.1, 0.15) is 22.3 Å². The van der Waals surface area contributed by atoms with Gasteiger partial charge in [-0.1, -0.05) is 109 Å². The van der Waals surface area contributed by atoms with E-state index in [0.717, 1.165) is 4.90 Å². The summed E-state index contributed by atoms with van der Waals surface area (Å²) in [5, 5.41) is 0.846. The minimum Gasteiger partial charge on any atom is -0.456 e. The second-order valence-corrected chi connectivity index (χ2v) is 11.2. The lowest BCUT2D eigenvalue weighted by Crippen LogP contribution is -2.09. The fourth-order valence-corrected chi connectivity index (χ4v) is 6.11. The van der Waals surface area contributed by atoms with Crippen LogP contribution in [0.5, 0.6) is 0 Å². The van der Waals surface area contributed by atoms with Crippen molar-refractivity contribution in [3.05, 3.63) is 176 Å². The van der Waals surface area contributed by atoms with Gasteiger partial charge in [-0.15, -0.1) is 0 Å². The topological polar surface area (TPSA) is 29.5 Å². The van der Waals surface area contributed by atoms with Crippen molar-refractivity contribution < 1.29 is 32.1 Å². The van der Waals surface area contributed by atoms with Gasteiger partial charge in [0.05, 0.1) is 23.3 Å². The third-order valence-corrected chi connectivity index (χ3v) is 8.42. The van der Waals surface area contributed by atoms with E-state index in [-0.39, 0.29) is 74.4 Å². The minimum atomic E-state index is -0.695. The minimum absolute atomic E-state index is 0.0371. The molecule has 0 unspecified atom stereocenters.